The lowest BCUT2D eigenvalue weighted by Gasteiger charge is -2.20. The summed E-state index contributed by atoms with van der Waals surface area (Å²) in [5.74, 6) is 1.83. The maximum Gasteiger partial charge on any atom is 0.256 e. The fourth-order valence-electron chi connectivity index (χ4n) is 6.64. The lowest BCUT2D eigenvalue weighted by atomic mass is 9.93. The third-order valence-electron chi connectivity index (χ3n) is 9.36. The highest BCUT2D eigenvalue weighted by Crippen LogP contribution is 2.43. The van der Waals surface area contributed by atoms with Crippen LogP contribution >= 0.6 is 0 Å². The van der Waals surface area contributed by atoms with Gasteiger partial charge in [-0.2, -0.15) is 0 Å². The number of fused-ring (bicyclic) bond motifs is 2. The number of unbranched alkanes of at least 4 members (excludes halogenated alkanes) is 1. The third-order valence-corrected chi connectivity index (χ3v) is 9.36. The van der Waals surface area contributed by atoms with Crippen LogP contribution in [0.4, 0.5) is 5.69 Å². The number of oxime groups is 1. The summed E-state index contributed by atoms with van der Waals surface area (Å²) in [4.78, 5) is 25.3. The molecule has 0 spiro atoms. The van der Waals surface area contributed by atoms with Crippen molar-refractivity contribution in [3.63, 3.8) is 0 Å². The van der Waals surface area contributed by atoms with E-state index in [4.69, 9.17) is 23.8 Å². The van der Waals surface area contributed by atoms with E-state index in [1.807, 2.05) is 23.2 Å². The van der Waals surface area contributed by atoms with Crippen molar-refractivity contribution in [1.29, 1.82) is 0 Å². The average molecular weight is 690 g/mol. The summed E-state index contributed by atoms with van der Waals surface area (Å²) in [6.45, 7) is 0.328. The average Bonchev–Trinajstić information content (AvgIpc) is 3.82. The SMILES string of the molecule is COc1cc(C2CC(c3cc(CO)c(CO)c(CO)c3)=NO2)cc(OC)c1OCCCCOc1cc2c(cc1CO)C(=O)N1CCC[C@H]1C=N2. The van der Waals surface area contributed by atoms with Gasteiger partial charge in [0, 0.05) is 41.9 Å². The summed E-state index contributed by atoms with van der Waals surface area (Å²) < 4.78 is 23.5. The number of nitrogens with zero attached hydrogens (tertiary/aromatic N) is 3. The molecular formula is C37H43N3O10. The number of aliphatic imine (C=N–C) groups is 1. The molecule has 0 bridgehead atoms. The molecule has 3 aromatic rings. The standard InChI is InChI=1S/C37H43N3O10/c1-46-34-13-23(33-15-30(39-50-33)22-10-24(18-41)29(21-44)25(11-22)19-42)14-35(47-2)36(34)49-9-4-3-8-48-32-16-31-28(12-26(32)20-43)37(45)40-7-5-6-27(40)17-38-31/h10-14,16-17,27,33,41-44H,3-9,15,18-21H2,1-2H3/t27-,33?/m0/s1. The summed E-state index contributed by atoms with van der Waals surface area (Å²) in [6, 6.07) is 10.6. The van der Waals surface area contributed by atoms with Crippen LogP contribution in [0.3, 0.4) is 0 Å². The first-order chi connectivity index (χ1) is 24.4. The largest absolute Gasteiger partial charge is 0.493 e. The number of hydrogen-bond donors (Lipinski definition) is 4. The molecule has 1 amide bonds. The van der Waals surface area contributed by atoms with E-state index in [-0.39, 0.29) is 38.4 Å². The molecule has 0 aromatic heterocycles. The molecular weight excluding hydrogens is 646 g/mol. The molecule has 1 saturated heterocycles. The fraction of sp³-hybridized carbons (Fsp3) is 0.432. The molecule has 0 saturated carbocycles. The number of ether oxygens (including phenoxy) is 4. The quantitative estimate of drug-likeness (QED) is 0.170. The fourth-order valence-corrected chi connectivity index (χ4v) is 6.64. The Morgan fingerprint density at radius 2 is 1.52 bits per heavy atom. The van der Waals surface area contributed by atoms with Crippen LogP contribution in [0.1, 0.15) is 81.9 Å². The van der Waals surface area contributed by atoms with Crippen LogP contribution in [-0.4, -0.2) is 83.2 Å². The Morgan fingerprint density at radius 3 is 2.16 bits per heavy atom. The molecule has 3 heterocycles. The van der Waals surface area contributed by atoms with Gasteiger partial charge in [0.15, 0.2) is 17.6 Å². The molecule has 266 valence electrons. The van der Waals surface area contributed by atoms with Crippen molar-refractivity contribution in [3.8, 4) is 23.0 Å². The summed E-state index contributed by atoms with van der Waals surface area (Å²) in [5.41, 5.74) is 5.23. The first-order valence-corrected chi connectivity index (χ1v) is 16.8. The van der Waals surface area contributed by atoms with E-state index in [0.29, 0.717) is 107 Å². The van der Waals surface area contributed by atoms with Crippen molar-refractivity contribution in [3.05, 3.63) is 75.3 Å². The molecule has 3 aliphatic rings. The van der Waals surface area contributed by atoms with E-state index < -0.39 is 6.10 Å². The van der Waals surface area contributed by atoms with Gasteiger partial charge >= 0.3 is 0 Å². The molecule has 3 aromatic carbocycles. The number of rotatable bonds is 15. The van der Waals surface area contributed by atoms with Gasteiger partial charge in [0.25, 0.3) is 5.91 Å². The minimum absolute atomic E-state index is 0.00784. The highest BCUT2D eigenvalue weighted by Gasteiger charge is 2.32. The molecule has 0 radical (unpaired) electrons. The number of aliphatic hydroxyl groups is 4. The zero-order valence-corrected chi connectivity index (χ0v) is 28.3. The molecule has 2 atom stereocenters. The summed E-state index contributed by atoms with van der Waals surface area (Å²) in [6.07, 6.45) is 4.99. The normalized spacial score (nSPS) is 17.9. The molecule has 1 unspecified atom stereocenters. The molecule has 0 aliphatic carbocycles. The van der Waals surface area contributed by atoms with Crippen LogP contribution in [-0.2, 0) is 31.3 Å². The van der Waals surface area contributed by atoms with Crippen LogP contribution in [0.25, 0.3) is 0 Å². The van der Waals surface area contributed by atoms with Crippen LogP contribution < -0.4 is 18.9 Å². The van der Waals surface area contributed by atoms with Gasteiger partial charge in [0.05, 0.1) is 76.9 Å². The smallest absolute Gasteiger partial charge is 0.256 e. The Bertz CT molecular complexity index is 1720. The van der Waals surface area contributed by atoms with Gasteiger partial charge in [0.2, 0.25) is 5.75 Å². The minimum Gasteiger partial charge on any atom is -0.493 e. The van der Waals surface area contributed by atoms with Gasteiger partial charge in [-0.05, 0) is 72.7 Å². The van der Waals surface area contributed by atoms with Gasteiger partial charge in [-0.3, -0.25) is 9.79 Å². The van der Waals surface area contributed by atoms with Crippen LogP contribution in [0.15, 0.2) is 46.5 Å². The van der Waals surface area contributed by atoms with Crippen molar-refractivity contribution in [2.45, 2.75) is 70.7 Å². The van der Waals surface area contributed by atoms with E-state index >= 15 is 0 Å². The number of carbonyl (C=O) groups is 1. The highest BCUT2D eigenvalue weighted by molar-refractivity contribution is 6.03. The number of amides is 1. The molecule has 4 N–H and O–H groups in total. The van der Waals surface area contributed by atoms with Crippen molar-refractivity contribution in [2.75, 3.05) is 34.0 Å². The molecule has 13 heteroatoms. The van der Waals surface area contributed by atoms with E-state index in [9.17, 15) is 25.2 Å². The van der Waals surface area contributed by atoms with Crippen molar-refractivity contribution >= 4 is 23.5 Å². The molecule has 13 nitrogen and oxygen atoms in total. The Kier molecular flexibility index (Phi) is 11.2. The third kappa shape index (κ3) is 7.13. The van der Waals surface area contributed by atoms with Gasteiger partial charge in [-0.15, -0.1) is 0 Å². The molecule has 1 fully saturated rings. The van der Waals surface area contributed by atoms with Crippen molar-refractivity contribution < 1.29 is 49.0 Å². The Morgan fingerprint density at radius 1 is 0.840 bits per heavy atom. The lowest BCUT2D eigenvalue weighted by Crippen LogP contribution is -2.35. The first-order valence-electron chi connectivity index (χ1n) is 16.8. The number of methoxy groups -OCH3 is 2. The number of hydrogen-bond acceptors (Lipinski definition) is 12. The predicted molar refractivity (Wildman–Crippen MR) is 184 cm³/mol. The Hall–Kier alpha value is -4.69. The predicted octanol–water partition coefficient (Wildman–Crippen LogP) is 4.10. The van der Waals surface area contributed by atoms with E-state index in [1.54, 1.807) is 38.5 Å². The second-order valence-corrected chi connectivity index (χ2v) is 12.4. The highest BCUT2D eigenvalue weighted by atomic mass is 16.6. The molecule has 50 heavy (non-hydrogen) atoms. The Balaban J connectivity index is 1.06. The second kappa shape index (κ2) is 15.9. The van der Waals surface area contributed by atoms with Crippen LogP contribution in [0.2, 0.25) is 0 Å². The maximum absolute atomic E-state index is 13.1. The zero-order valence-electron chi connectivity index (χ0n) is 28.3. The first kappa shape index (κ1) is 35.1. The van der Waals surface area contributed by atoms with Crippen LogP contribution in [0, 0.1) is 0 Å². The summed E-state index contributed by atoms with van der Waals surface area (Å²) >= 11 is 0. The van der Waals surface area contributed by atoms with Gasteiger partial charge in [0.1, 0.15) is 5.75 Å². The summed E-state index contributed by atoms with van der Waals surface area (Å²) in [7, 11) is 3.10. The second-order valence-electron chi connectivity index (χ2n) is 12.4. The molecule has 3 aliphatic heterocycles. The maximum atomic E-state index is 13.1. The van der Waals surface area contributed by atoms with Crippen LogP contribution in [0.5, 0.6) is 23.0 Å². The topological polar surface area (TPSA) is 172 Å². The van der Waals surface area contributed by atoms with E-state index in [2.05, 4.69) is 10.1 Å². The monoisotopic (exact) mass is 689 g/mol. The van der Waals surface area contributed by atoms with Gasteiger partial charge < -0.3 is 49.1 Å². The lowest BCUT2D eigenvalue weighted by molar-refractivity contribution is 0.0774. The Labute approximate surface area is 290 Å². The summed E-state index contributed by atoms with van der Waals surface area (Å²) in [5, 5.41) is 43.6. The molecule has 6 rings (SSSR count). The number of aliphatic hydroxyl groups excluding tert-OH is 4. The number of benzene rings is 3. The minimum atomic E-state index is -0.440. The van der Waals surface area contributed by atoms with E-state index in [0.717, 1.165) is 18.4 Å². The zero-order chi connectivity index (χ0) is 35.2. The van der Waals surface area contributed by atoms with Crippen molar-refractivity contribution in [1.82, 2.24) is 4.90 Å². The number of carbonyl (C=O) groups excluding carboxylic acids is 1. The van der Waals surface area contributed by atoms with Gasteiger partial charge in [-0.25, -0.2) is 0 Å². The van der Waals surface area contributed by atoms with Crippen molar-refractivity contribution in [2.24, 2.45) is 10.1 Å². The van der Waals surface area contributed by atoms with Gasteiger partial charge in [-0.1, -0.05) is 5.16 Å². The van der Waals surface area contributed by atoms with E-state index in [1.165, 1.54) is 0 Å².